The van der Waals surface area contributed by atoms with Crippen molar-refractivity contribution in [3.63, 3.8) is 0 Å². The first-order valence-corrected chi connectivity index (χ1v) is 9.24. The highest BCUT2D eigenvalue weighted by atomic mass is 19.4. The average molecular weight is 407 g/mol. The zero-order chi connectivity index (χ0) is 21.4. The number of carbonyl (C=O) groups is 2. The van der Waals surface area contributed by atoms with Gasteiger partial charge in [0.25, 0.3) is 0 Å². The number of halogens is 3. The predicted molar refractivity (Wildman–Crippen MR) is 107 cm³/mol. The van der Waals surface area contributed by atoms with Crippen LogP contribution >= 0.6 is 0 Å². The molecule has 0 aliphatic rings. The maximum absolute atomic E-state index is 13.1. The molecule has 0 saturated heterocycles. The van der Waals surface area contributed by atoms with Crippen LogP contribution in [0.2, 0.25) is 0 Å². The van der Waals surface area contributed by atoms with Gasteiger partial charge in [0.2, 0.25) is 11.8 Å². The number of alkyl halides is 3. The summed E-state index contributed by atoms with van der Waals surface area (Å²) in [4.78, 5) is 26.3. The summed E-state index contributed by atoms with van der Waals surface area (Å²) < 4.78 is 39.2. The molecular formula is C21H24F3N3O2. The number of hydrogen-bond donors (Lipinski definition) is 2. The number of hydrogen-bond acceptors (Lipinski definition) is 3. The fourth-order valence-corrected chi connectivity index (χ4v) is 2.87. The number of aryl methyl sites for hydroxylation is 1. The molecule has 29 heavy (non-hydrogen) atoms. The van der Waals surface area contributed by atoms with Gasteiger partial charge in [0.1, 0.15) is 0 Å². The molecule has 2 N–H and O–H groups in total. The van der Waals surface area contributed by atoms with E-state index in [0.29, 0.717) is 18.7 Å². The van der Waals surface area contributed by atoms with E-state index in [0.717, 1.165) is 11.6 Å². The van der Waals surface area contributed by atoms with Crippen LogP contribution in [0.4, 0.5) is 24.5 Å². The molecule has 2 rings (SSSR count). The summed E-state index contributed by atoms with van der Waals surface area (Å²) in [5, 5.41) is 5.10. The normalized spacial score (nSPS) is 11.4. The first kappa shape index (κ1) is 22.4. The van der Waals surface area contributed by atoms with E-state index >= 15 is 0 Å². The standard InChI is InChI=1S/C21H24F3N3O2/c1-3-12-27(13-19(28)25-17-10-6-4-8-15(17)2)14-20(29)26-18-11-7-5-9-16(18)21(22,23)24/h4-11H,3,12-14H2,1-2H3,(H,25,28)(H,26,29). The second-order valence-corrected chi connectivity index (χ2v) is 6.67. The smallest absolute Gasteiger partial charge is 0.325 e. The molecule has 0 atom stereocenters. The van der Waals surface area contributed by atoms with Crippen LogP contribution in [0.1, 0.15) is 24.5 Å². The Morgan fingerprint density at radius 3 is 1.97 bits per heavy atom. The SMILES string of the molecule is CCCN(CC(=O)Nc1ccccc1C)CC(=O)Nc1ccccc1C(F)(F)F. The minimum Gasteiger partial charge on any atom is -0.325 e. The van der Waals surface area contributed by atoms with Crippen molar-refractivity contribution in [3.8, 4) is 0 Å². The summed E-state index contributed by atoms with van der Waals surface area (Å²) in [6, 6.07) is 12.1. The van der Waals surface area contributed by atoms with E-state index in [-0.39, 0.29) is 24.7 Å². The van der Waals surface area contributed by atoms with Gasteiger partial charge >= 0.3 is 6.18 Å². The molecule has 0 unspecified atom stereocenters. The number of carbonyl (C=O) groups excluding carboxylic acids is 2. The van der Waals surface area contributed by atoms with Crippen LogP contribution in [0.5, 0.6) is 0 Å². The topological polar surface area (TPSA) is 61.4 Å². The van der Waals surface area contributed by atoms with Crippen LogP contribution in [-0.4, -0.2) is 36.3 Å². The van der Waals surface area contributed by atoms with Gasteiger partial charge in [0.15, 0.2) is 0 Å². The molecule has 8 heteroatoms. The number of nitrogens with zero attached hydrogens (tertiary/aromatic N) is 1. The number of para-hydroxylation sites is 2. The molecule has 156 valence electrons. The largest absolute Gasteiger partial charge is 0.418 e. The van der Waals surface area contributed by atoms with Gasteiger partial charge in [-0.3, -0.25) is 14.5 Å². The maximum atomic E-state index is 13.1. The summed E-state index contributed by atoms with van der Waals surface area (Å²) in [7, 11) is 0. The lowest BCUT2D eigenvalue weighted by Crippen LogP contribution is -2.39. The summed E-state index contributed by atoms with van der Waals surface area (Å²) in [6.45, 7) is 3.97. The van der Waals surface area contributed by atoms with Crippen LogP contribution < -0.4 is 10.6 Å². The quantitative estimate of drug-likeness (QED) is 0.686. The highest BCUT2D eigenvalue weighted by molar-refractivity contribution is 5.95. The van der Waals surface area contributed by atoms with Gasteiger partial charge in [0.05, 0.1) is 24.3 Å². The lowest BCUT2D eigenvalue weighted by Gasteiger charge is -2.21. The van der Waals surface area contributed by atoms with Crippen molar-refractivity contribution in [2.24, 2.45) is 0 Å². The molecule has 0 heterocycles. The zero-order valence-corrected chi connectivity index (χ0v) is 16.3. The van der Waals surface area contributed by atoms with Gasteiger partial charge in [-0.05, 0) is 43.7 Å². The Kier molecular flexibility index (Phi) is 7.78. The van der Waals surface area contributed by atoms with Crippen molar-refractivity contribution in [1.82, 2.24) is 4.90 Å². The third-order valence-electron chi connectivity index (χ3n) is 4.20. The average Bonchev–Trinajstić information content (AvgIpc) is 2.63. The third-order valence-corrected chi connectivity index (χ3v) is 4.20. The summed E-state index contributed by atoms with van der Waals surface area (Å²) in [5.41, 5.74) is 0.375. The molecule has 0 aliphatic carbocycles. The predicted octanol–water partition coefficient (Wildman–Crippen LogP) is 4.30. The molecule has 0 aliphatic heterocycles. The molecular weight excluding hydrogens is 383 g/mol. The number of anilines is 2. The van der Waals surface area contributed by atoms with Crippen LogP contribution in [0, 0.1) is 6.92 Å². The molecule has 2 aromatic rings. The van der Waals surface area contributed by atoms with Crippen LogP contribution in [0.25, 0.3) is 0 Å². The van der Waals surface area contributed by atoms with Crippen LogP contribution in [0.15, 0.2) is 48.5 Å². The van der Waals surface area contributed by atoms with Gasteiger partial charge in [-0.2, -0.15) is 13.2 Å². The van der Waals surface area contributed by atoms with Gasteiger partial charge < -0.3 is 10.6 Å². The maximum Gasteiger partial charge on any atom is 0.418 e. The zero-order valence-electron chi connectivity index (χ0n) is 16.3. The lowest BCUT2D eigenvalue weighted by atomic mass is 10.1. The Balaban J connectivity index is 2.00. The van der Waals surface area contributed by atoms with E-state index in [2.05, 4.69) is 10.6 Å². The van der Waals surface area contributed by atoms with Crippen LogP contribution in [0.3, 0.4) is 0 Å². The van der Waals surface area contributed by atoms with E-state index in [1.807, 2.05) is 26.0 Å². The van der Waals surface area contributed by atoms with Crippen molar-refractivity contribution in [2.45, 2.75) is 26.4 Å². The highest BCUT2D eigenvalue weighted by Gasteiger charge is 2.33. The minimum atomic E-state index is -4.57. The van der Waals surface area contributed by atoms with Gasteiger partial charge in [-0.15, -0.1) is 0 Å². The molecule has 0 fully saturated rings. The second-order valence-electron chi connectivity index (χ2n) is 6.67. The Bertz CT molecular complexity index is 853. The molecule has 2 amide bonds. The van der Waals surface area contributed by atoms with Crippen molar-refractivity contribution >= 4 is 23.2 Å². The van der Waals surface area contributed by atoms with E-state index in [1.165, 1.54) is 18.2 Å². The number of rotatable bonds is 8. The fourth-order valence-electron chi connectivity index (χ4n) is 2.87. The first-order valence-electron chi connectivity index (χ1n) is 9.24. The van der Waals surface area contributed by atoms with Crippen molar-refractivity contribution in [3.05, 3.63) is 59.7 Å². The highest BCUT2D eigenvalue weighted by Crippen LogP contribution is 2.34. The summed E-state index contributed by atoms with van der Waals surface area (Å²) >= 11 is 0. The molecule has 0 saturated carbocycles. The molecule has 0 spiro atoms. The molecule has 0 aromatic heterocycles. The van der Waals surface area contributed by atoms with E-state index < -0.39 is 17.6 Å². The van der Waals surface area contributed by atoms with Gasteiger partial charge in [-0.1, -0.05) is 37.3 Å². The summed E-state index contributed by atoms with van der Waals surface area (Å²) in [5.74, 6) is -0.907. The second kappa shape index (κ2) is 10.1. The van der Waals surface area contributed by atoms with Crippen molar-refractivity contribution in [2.75, 3.05) is 30.3 Å². The molecule has 5 nitrogen and oxygen atoms in total. The Morgan fingerprint density at radius 2 is 1.41 bits per heavy atom. The van der Waals surface area contributed by atoms with Crippen molar-refractivity contribution < 1.29 is 22.8 Å². The van der Waals surface area contributed by atoms with E-state index in [1.54, 1.807) is 17.0 Å². The Labute approximate surface area is 167 Å². The van der Waals surface area contributed by atoms with Crippen LogP contribution in [-0.2, 0) is 15.8 Å². The number of amides is 2. The lowest BCUT2D eigenvalue weighted by molar-refractivity contribution is -0.137. The molecule has 2 aromatic carbocycles. The van der Waals surface area contributed by atoms with Crippen molar-refractivity contribution in [1.29, 1.82) is 0 Å². The van der Waals surface area contributed by atoms with Gasteiger partial charge in [-0.25, -0.2) is 0 Å². The van der Waals surface area contributed by atoms with Gasteiger partial charge in [0, 0.05) is 5.69 Å². The monoisotopic (exact) mass is 407 g/mol. The summed E-state index contributed by atoms with van der Waals surface area (Å²) in [6.07, 6.45) is -3.88. The first-order chi connectivity index (χ1) is 13.7. The fraction of sp³-hybridized carbons (Fsp3) is 0.333. The number of nitrogens with one attached hydrogen (secondary N) is 2. The number of benzene rings is 2. The molecule has 0 radical (unpaired) electrons. The molecule has 0 bridgehead atoms. The minimum absolute atomic E-state index is 0.0451. The Hall–Kier alpha value is -2.87. The third kappa shape index (κ3) is 6.90. The van der Waals surface area contributed by atoms with E-state index in [9.17, 15) is 22.8 Å². The Morgan fingerprint density at radius 1 is 0.897 bits per heavy atom. The van der Waals surface area contributed by atoms with E-state index in [4.69, 9.17) is 0 Å².